The van der Waals surface area contributed by atoms with Crippen molar-refractivity contribution in [2.45, 2.75) is 32.9 Å². The lowest BCUT2D eigenvalue weighted by Gasteiger charge is -2.06. The zero-order valence-corrected chi connectivity index (χ0v) is 8.78. The van der Waals surface area contributed by atoms with Crippen molar-refractivity contribution in [3.63, 3.8) is 0 Å². The van der Waals surface area contributed by atoms with Gasteiger partial charge in [0.15, 0.2) is 0 Å². The molecular weight excluding hydrogens is 178 g/mol. The second-order valence-corrected chi connectivity index (χ2v) is 3.21. The van der Waals surface area contributed by atoms with Gasteiger partial charge in [-0.15, -0.1) is 0 Å². The van der Waals surface area contributed by atoms with Gasteiger partial charge in [-0.1, -0.05) is 13.3 Å². The number of imidazole rings is 1. The third-order valence-electron chi connectivity index (χ3n) is 2.10. The molecule has 0 unspecified atom stereocenters. The molecule has 1 rings (SSSR count). The van der Waals surface area contributed by atoms with Crippen LogP contribution in [0.1, 0.15) is 25.6 Å². The summed E-state index contributed by atoms with van der Waals surface area (Å²) in [7, 11) is 0. The summed E-state index contributed by atoms with van der Waals surface area (Å²) in [6.45, 7) is 5.08. The summed E-state index contributed by atoms with van der Waals surface area (Å²) < 4.78 is 7.49. The molecule has 0 amide bonds. The van der Waals surface area contributed by atoms with Crippen LogP contribution in [0.2, 0.25) is 0 Å². The van der Waals surface area contributed by atoms with E-state index in [9.17, 15) is 0 Å². The first kappa shape index (κ1) is 11.2. The van der Waals surface area contributed by atoms with Gasteiger partial charge in [-0.05, 0) is 6.42 Å². The second kappa shape index (κ2) is 6.56. The fraction of sp³-hybridized carbons (Fsp3) is 0.700. The summed E-state index contributed by atoms with van der Waals surface area (Å²) in [6, 6.07) is 0. The number of nitrogens with two attached hydrogens (primary N) is 1. The van der Waals surface area contributed by atoms with Crippen LogP contribution in [0, 0.1) is 0 Å². The quantitative estimate of drug-likeness (QED) is 0.667. The number of hydrogen-bond donors (Lipinski definition) is 1. The van der Waals surface area contributed by atoms with E-state index in [1.54, 1.807) is 6.20 Å². The zero-order chi connectivity index (χ0) is 10.2. The number of nitrogens with zero attached hydrogens (tertiary/aromatic N) is 2. The second-order valence-electron chi connectivity index (χ2n) is 3.21. The zero-order valence-electron chi connectivity index (χ0n) is 8.78. The average molecular weight is 197 g/mol. The van der Waals surface area contributed by atoms with E-state index in [0.29, 0.717) is 6.54 Å². The van der Waals surface area contributed by atoms with E-state index >= 15 is 0 Å². The number of unbranched alkanes of at least 4 members (excludes halogenated alkanes) is 1. The lowest BCUT2D eigenvalue weighted by molar-refractivity contribution is 0.123. The Morgan fingerprint density at radius 2 is 2.36 bits per heavy atom. The van der Waals surface area contributed by atoms with Gasteiger partial charge in [0.1, 0.15) is 5.82 Å². The Labute approximate surface area is 85.1 Å². The van der Waals surface area contributed by atoms with Crippen LogP contribution in [0.3, 0.4) is 0 Å². The maximum absolute atomic E-state index is 5.52. The van der Waals surface area contributed by atoms with Crippen molar-refractivity contribution < 1.29 is 4.74 Å². The Kier molecular flexibility index (Phi) is 5.25. The highest BCUT2D eigenvalue weighted by Gasteiger charge is 1.98. The monoisotopic (exact) mass is 197 g/mol. The normalized spacial score (nSPS) is 10.7. The van der Waals surface area contributed by atoms with Gasteiger partial charge in [-0.25, -0.2) is 4.98 Å². The number of rotatable bonds is 7. The Morgan fingerprint density at radius 3 is 3.07 bits per heavy atom. The van der Waals surface area contributed by atoms with E-state index in [-0.39, 0.29) is 0 Å². The topological polar surface area (TPSA) is 53.1 Å². The molecule has 0 aliphatic rings. The van der Waals surface area contributed by atoms with Crippen LogP contribution >= 0.6 is 0 Å². The summed E-state index contributed by atoms with van der Waals surface area (Å²) in [5.41, 5.74) is 5.52. The van der Waals surface area contributed by atoms with Crippen molar-refractivity contribution in [1.82, 2.24) is 9.55 Å². The predicted octanol–water partition coefficient (Wildman–Crippen LogP) is 1.16. The van der Waals surface area contributed by atoms with Crippen molar-refractivity contribution in [3.8, 4) is 0 Å². The van der Waals surface area contributed by atoms with Crippen LogP contribution in [-0.2, 0) is 17.8 Å². The molecule has 0 aliphatic carbocycles. The molecule has 1 aromatic heterocycles. The fourth-order valence-corrected chi connectivity index (χ4v) is 1.24. The average Bonchev–Trinajstić information content (AvgIpc) is 2.65. The van der Waals surface area contributed by atoms with Crippen LogP contribution in [0.15, 0.2) is 12.4 Å². The Morgan fingerprint density at radius 1 is 1.50 bits per heavy atom. The van der Waals surface area contributed by atoms with Crippen molar-refractivity contribution >= 4 is 0 Å². The number of aromatic nitrogens is 2. The van der Waals surface area contributed by atoms with Crippen molar-refractivity contribution in [2.75, 3.05) is 13.2 Å². The molecule has 0 radical (unpaired) electrons. The SMILES string of the molecule is CCCCOCCn1ccnc1CN. The molecule has 80 valence electrons. The van der Waals surface area contributed by atoms with Crippen LogP contribution < -0.4 is 5.73 Å². The van der Waals surface area contributed by atoms with Gasteiger partial charge in [-0.2, -0.15) is 0 Å². The molecule has 4 heteroatoms. The molecule has 0 saturated carbocycles. The first-order valence-electron chi connectivity index (χ1n) is 5.16. The molecule has 1 aromatic rings. The standard InChI is InChI=1S/C10H19N3O/c1-2-3-7-14-8-6-13-5-4-12-10(13)9-11/h4-5H,2-3,6-9,11H2,1H3. The van der Waals surface area contributed by atoms with E-state index in [2.05, 4.69) is 11.9 Å². The third kappa shape index (κ3) is 3.47. The largest absolute Gasteiger partial charge is 0.380 e. The molecule has 4 nitrogen and oxygen atoms in total. The van der Waals surface area contributed by atoms with E-state index in [0.717, 1.165) is 32.0 Å². The summed E-state index contributed by atoms with van der Waals surface area (Å²) in [4.78, 5) is 4.13. The fourth-order valence-electron chi connectivity index (χ4n) is 1.24. The van der Waals surface area contributed by atoms with E-state index in [4.69, 9.17) is 10.5 Å². The van der Waals surface area contributed by atoms with Gasteiger partial charge in [0.05, 0.1) is 13.2 Å². The molecule has 1 heterocycles. The highest BCUT2D eigenvalue weighted by Crippen LogP contribution is 1.96. The third-order valence-corrected chi connectivity index (χ3v) is 2.10. The van der Waals surface area contributed by atoms with Crippen LogP contribution in [0.25, 0.3) is 0 Å². The van der Waals surface area contributed by atoms with E-state index < -0.39 is 0 Å². The van der Waals surface area contributed by atoms with Gasteiger partial charge in [0, 0.05) is 25.5 Å². The lowest BCUT2D eigenvalue weighted by Crippen LogP contribution is -2.12. The van der Waals surface area contributed by atoms with Gasteiger partial charge in [0.25, 0.3) is 0 Å². The van der Waals surface area contributed by atoms with Gasteiger partial charge in [-0.3, -0.25) is 0 Å². The summed E-state index contributed by atoms with van der Waals surface area (Å²) in [5.74, 6) is 0.920. The first-order chi connectivity index (χ1) is 6.88. The first-order valence-corrected chi connectivity index (χ1v) is 5.16. The van der Waals surface area contributed by atoms with Gasteiger partial charge < -0.3 is 15.0 Å². The minimum absolute atomic E-state index is 0.488. The van der Waals surface area contributed by atoms with Gasteiger partial charge >= 0.3 is 0 Å². The summed E-state index contributed by atoms with van der Waals surface area (Å²) in [5, 5.41) is 0. The maximum Gasteiger partial charge on any atom is 0.122 e. The van der Waals surface area contributed by atoms with Crippen LogP contribution in [-0.4, -0.2) is 22.8 Å². The Bertz CT molecular complexity index is 247. The summed E-state index contributed by atoms with van der Waals surface area (Å²) >= 11 is 0. The molecule has 14 heavy (non-hydrogen) atoms. The summed E-state index contributed by atoms with van der Waals surface area (Å²) in [6.07, 6.45) is 6.02. The van der Waals surface area contributed by atoms with Crippen molar-refractivity contribution in [3.05, 3.63) is 18.2 Å². The number of hydrogen-bond acceptors (Lipinski definition) is 3. The molecule has 0 aliphatic heterocycles. The van der Waals surface area contributed by atoms with E-state index in [1.807, 2.05) is 10.8 Å². The molecule has 2 N–H and O–H groups in total. The molecule has 0 spiro atoms. The minimum Gasteiger partial charge on any atom is -0.380 e. The molecular formula is C10H19N3O. The molecule has 0 aromatic carbocycles. The smallest absolute Gasteiger partial charge is 0.122 e. The van der Waals surface area contributed by atoms with Crippen LogP contribution in [0.4, 0.5) is 0 Å². The van der Waals surface area contributed by atoms with E-state index in [1.165, 1.54) is 6.42 Å². The highest BCUT2D eigenvalue weighted by atomic mass is 16.5. The maximum atomic E-state index is 5.52. The molecule has 0 fully saturated rings. The molecule has 0 bridgehead atoms. The van der Waals surface area contributed by atoms with Crippen molar-refractivity contribution in [1.29, 1.82) is 0 Å². The number of ether oxygens (including phenoxy) is 1. The minimum atomic E-state index is 0.488. The molecule has 0 saturated heterocycles. The predicted molar refractivity (Wildman–Crippen MR) is 55.8 cm³/mol. The van der Waals surface area contributed by atoms with Crippen LogP contribution in [0.5, 0.6) is 0 Å². The lowest BCUT2D eigenvalue weighted by atomic mass is 10.4. The van der Waals surface area contributed by atoms with Crippen molar-refractivity contribution in [2.24, 2.45) is 5.73 Å². The van der Waals surface area contributed by atoms with Gasteiger partial charge in [0.2, 0.25) is 0 Å². The Hall–Kier alpha value is -0.870. The highest BCUT2D eigenvalue weighted by molar-refractivity contribution is 4.90. The Balaban J connectivity index is 2.17. The molecule has 0 atom stereocenters.